The second-order valence-electron chi connectivity index (χ2n) is 4.50. The van der Waals surface area contributed by atoms with Crippen molar-refractivity contribution in [2.24, 2.45) is 4.99 Å². The molecule has 23 heavy (non-hydrogen) atoms. The van der Waals surface area contributed by atoms with Gasteiger partial charge in [-0.3, -0.25) is 14.8 Å². The van der Waals surface area contributed by atoms with Crippen LogP contribution in [0.15, 0.2) is 35.5 Å². The molecule has 0 amide bonds. The smallest absolute Gasteiger partial charge is 0.287 e. The summed E-state index contributed by atoms with van der Waals surface area (Å²) >= 11 is 0. The van der Waals surface area contributed by atoms with E-state index in [1.165, 1.54) is 0 Å². The Morgan fingerprint density at radius 3 is 2.39 bits per heavy atom. The highest BCUT2D eigenvalue weighted by molar-refractivity contribution is 7.76. The largest absolute Gasteiger partial charge is 0.386 e. The summed E-state index contributed by atoms with van der Waals surface area (Å²) in [6.07, 6.45) is -1.32. The summed E-state index contributed by atoms with van der Waals surface area (Å²) < 4.78 is 52.8. The van der Waals surface area contributed by atoms with E-state index in [1.54, 1.807) is 24.4 Å². The minimum atomic E-state index is -4.00. The normalized spacial score (nSPS) is 13.4. The third kappa shape index (κ3) is 4.01. The van der Waals surface area contributed by atoms with Crippen molar-refractivity contribution in [3.8, 4) is 0 Å². The lowest BCUT2D eigenvalue weighted by Crippen LogP contribution is -2.20. The number of aliphatic imine (C=N–C) groups is 1. The number of rotatable bonds is 0. The van der Waals surface area contributed by atoms with E-state index in [-0.39, 0.29) is 17.4 Å². The van der Waals surface area contributed by atoms with Crippen LogP contribution in [0.1, 0.15) is 17.3 Å². The van der Waals surface area contributed by atoms with Gasteiger partial charge in [-0.05, 0) is 12.1 Å². The quantitative estimate of drug-likeness (QED) is 0.690. The lowest BCUT2D eigenvalue weighted by Gasteiger charge is -2.10. The van der Waals surface area contributed by atoms with E-state index < -0.39 is 22.3 Å². The number of pyridine rings is 1. The third-order valence-corrected chi connectivity index (χ3v) is 3.36. The van der Waals surface area contributed by atoms with E-state index >= 15 is 0 Å². The van der Waals surface area contributed by atoms with Crippen LogP contribution >= 0.6 is 0 Å². The summed E-state index contributed by atoms with van der Waals surface area (Å²) in [5.74, 6) is -0.541. The summed E-state index contributed by atoms with van der Waals surface area (Å²) in [4.78, 5) is 19.8. The number of hydrogen-bond donors (Lipinski definition) is 0. The Labute approximate surface area is 130 Å². The maximum atomic E-state index is 12.0. The Morgan fingerprint density at radius 2 is 1.78 bits per heavy atom. The van der Waals surface area contributed by atoms with Crippen LogP contribution < -0.4 is 0 Å². The number of carbonyl (C=O) groups excluding carboxylic acids is 1. The van der Waals surface area contributed by atoms with Gasteiger partial charge in [-0.2, -0.15) is 21.6 Å². The van der Waals surface area contributed by atoms with Gasteiger partial charge in [0.05, 0.1) is 17.3 Å². The van der Waals surface area contributed by atoms with Gasteiger partial charge in [0.25, 0.3) is 0 Å². The molecular formula is C14H9F3N2O3S. The molecule has 1 aliphatic heterocycles. The molecule has 1 aromatic carbocycles. The van der Waals surface area contributed by atoms with Crippen LogP contribution in [0, 0.1) is 0 Å². The number of carbonyl (C=O) groups is 1. The third-order valence-electron chi connectivity index (χ3n) is 2.71. The van der Waals surface area contributed by atoms with E-state index in [4.69, 9.17) is 0 Å². The van der Waals surface area contributed by atoms with Gasteiger partial charge < -0.3 is 0 Å². The maximum absolute atomic E-state index is 12.0. The first-order valence-electron chi connectivity index (χ1n) is 6.18. The van der Waals surface area contributed by atoms with E-state index in [0.29, 0.717) is 11.2 Å². The van der Waals surface area contributed by atoms with Gasteiger partial charge in [0.2, 0.25) is 16.1 Å². The molecule has 0 atom stereocenters. The SMILES string of the molecule is CC(F)(F)F.O=C1C(=S(=O)=O)C=Nc2c1ccc1cccnc21. The predicted octanol–water partition coefficient (Wildman–Crippen LogP) is 2.75. The molecule has 120 valence electrons. The van der Waals surface area contributed by atoms with Crippen molar-refractivity contribution in [2.75, 3.05) is 0 Å². The van der Waals surface area contributed by atoms with Crippen molar-refractivity contribution in [2.45, 2.75) is 13.1 Å². The van der Waals surface area contributed by atoms with Crippen LogP contribution in [0.5, 0.6) is 0 Å². The molecule has 2 aromatic rings. The average molecular weight is 342 g/mol. The predicted molar refractivity (Wildman–Crippen MR) is 79.9 cm³/mol. The number of fused-ring (bicyclic) bond motifs is 3. The molecule has 0 aliphatic carbocycles. The zero-order chi connectivity index (χ0) is 17.2. The lowest BCUT2D eigenvalue weighted by molar-refractivity contribution is -0.110. The van der Waals surface area contributed by atoms with Gasteiger partial charge >= 0.3 is 6.18 Å². The van der Waals surface area contributed by atoms with Crippen LogP contribution in [-0.2, 0) is 10.3 Å². The number of aromatic nitrogens is 1. The van der Waals surface area contributed by atoms with Crippen molar-refractivity contribution in [1.82, 2.24) is 4.98 Å². The van der Waals surface area contributed by atoms with Gasteiger partial charge in [-0.15, -0.1) is 0 Å². The minimum Gasteiger partial charge on any atom is -0.287 e. The Kier molecular flexibility index (Phi) is 4.60. The summed E-state index contributed by atoms with van der Waals surface area (Å²) in [5.41, 5.74) is 1.28. The fourth-order valence-electron chi connectivity index (χ4n) is 1.88. The molecule has 1 aliphatic rings. The molecule has 2 heterocycles. The number of hydrogen-bond acceptors (Lipinski definition) is 5. The maximum Gasteiger partial charge on any atom is 0.386 e. The molecule has 0 radical (unpaired) electrons. The first-order valence-corrected chi connectivity index (χ1v) is 7.25. The highest BCUT2D eigenvalue weighted by Gasteiger charge is 2.23. The van der Waals surface area contributed by atoms with Crippen LogP contribution in [0.25, 0.3) is 10.9 Å². The Balaban J connectivity index is 0.000000338. The molecule has 0 spiro atoms. The van der Waals surface area contributed by atoms with Crippen molar-refractivity contribution in [3.05, 3.63) is 36.0 Å². The number of halogens is 3. The summed E-state index contributed by atoms with van der Waals surface area (Å²) in [6, 6.07) is 6.94. The van der Waals surface area contributed by atoms with Gasteiger partial charge in [0.15, 0.2) is 4.86 Å². The van der Waals surface area contributed by atoms with Crippen LogP contribution in [0.3, 0.4) is 0 Å². The zero-order valence-corrected chi connectivity index (χ0v) is 12.4. The van der Waals surface area contributed by atoms with E-state index in [9.17, 15) is 26.4 Å². The van der Waals surface area contributed by atoms with E-state index in [0.717, 1.165) is 11.6 Å². The summed E-state index contributed by atoms with van der Waals surface area (Å²) in [7, 11) is -2.58. The molecule has 5 nitrogen and oxygen atoms in total. The molecule has 0 fully saturated rings. The van der Waals surface area contributed by atoms with Gasteiger partial charge in [-0.1, -0.05) is 12.1 Å². The van der Waals surface area contributed by atoms with Crippen molar-refractivity contribution < 1.29 is 26.4 Å². The van der Waals surface area contributed by atoms with E-state index in [1.807, 2.05) is 6.07 Å². The standard InChI is InChI=1S/C12H6N2O3S.C2H3F3/c15-12-8-4-3-7-2-1-5-13-10(7)11(8)14-6-9(12)18(16)17;1-2(3,4)5/h1-6H;1H3. The Bertz CT molecular complexity index is 933. The second-order valence-corrected chi connectivity index (χ2v) is 5.41. The first kappa shape index (κ1) is 16.8. The van der Waals surface area contributed by atoms with Gasteiger partial charge in [0.1, 0.15) is 5.69 Å². The van der Waals surface area contributed by atoms with Gasteiger partial charge in [-0.25, -0.2) is 0 Å². The molecule has 0 bridgehead atoms. The Hall–Kier alpha value is -2.55. The van der Waals surface area contributed by atoms with Crippen molar-refractivity contribution >= 4 is 43.7 Å². The van der Waals surface area contributed by atoms with Crippen LogP contribution in [-0.4, -0.2) is 36.4 Å². The summed E-state index contributed by atoms with van der Waals surface area (Å²) in [5, 5.41) is 0.855. The first-order chi connectivity index (χ1) is 10.7. The molecule has 3 rings (SSSR count). The molecule has 0 saturated carbocycles. The summed E-state index contributed by atoms with van der Waals surface area (Å²) in [6.45, 7) is 0.188. The number of nitrogens with zero attached hydrogens (tertiary/aromatic N) is 2. The number of Topliss-reactive ketones (excluding diaryl/α,β-unsaturated/α-hetero) is 1. The highest BCUT2D eigenvalue weighted by Crippen LogP contribution is 2.30. The minimum absolute atomic E-state index is 0.188. The topological polar surface area (TPSA) is 76.5 Å². The van der Waals surface area contributed by atoms with Gasteiger partial charge in [0, 0.05) is 18.5 Å². The highest BCUT2D eigenvalue weighted by atomic mass is 32.2. The molecule has 0 N–H and O–H groups in total. The second kappa shape index (κ2) is 6.29. The zero-order valence-electron chi connectivity index (χ0n) is 11.6. The van der Waals surface area contributed by atoms with Crippen molar-refractivity contribution in [3.63, 3.8) is 0 Å². The van der Waals surface area contributed by atoms with Crippen LogP contribution in [0.4, 0.5) is 18.9 Å². The molecular weight excluding hydrogens is 333 g/mol. The van der Waals surface area contributed by atoms with Crippen LogP contribution in [0.2, 0.25) is 0 Å². The fraction of sp³-hybridized carbons (Fsp3) is 0.143. The van der Waals surface area contributed by atoms with Crippen molar-refractivity contribution in [1.29, 1.82) is 0 Å². The Morgan fingerprint density at radius 1 is 1.13 bits per heavy atom. The lowest BCUT2D eigenvalue weighted by atomic mass is 10.0. The molecule has 1 aromatic heterocycles. The fourth-order valence-corrected chi connectivity index (χ4v) is 2.28. The molecule has 9 heteroatoms. The monoisotopic (exact) mass is 342 g/mol. The average Bonchev–Trinajstić information content (AvgIpc) is 2.45. The number of ketones is 1. The number of benzene rings is 1. The molecule has 0 unspecified atom stereocenters. The number of alkyl halides is 3. The molecule has 0 saturated heterocycles. The van der Waals surface area contributed by atoms with E-state index in [2.05, 4.69) is 9.98 Å².